The molecule has 6 nitrogen and oxygen atoms in total. The van der Waals surface area contributed by atoms with Crippen molar-refractivity contribution >= 4 is 5.91 Å². The van der Waals surface area contributed by atoms with E-state index < -0.39 is 5.56 Å². The highest BCUT2D eigenvalue weighted by molar-refractivity contribution is 5.95. The number of aryl methyl sites for hydroxylation is 1. The van der Waals surface area contributed by atoms with Gasteiger partial charge in [0.2, 0.25) is 5.75 Å². The van der Waals surface area contributed by atoms with Crippen LogP contribution in [0.15, 0.2) is 59.4 Å². The number of benzene rings is 2. The van der Waals surface area contributed by atoms with Crippen LogP contribution in [-0.2, 0) is 19.7 Å². The number of carbonyl (C=O) groups is 1. The van der Waals surface area contributed by atoms with E-state index >= 15 is 0 Å². The molecule has 0 radical (unpaired) electrons. The summed E-state index contributed by atoms with van der Waals surface area (Å²) in [4.78, 5) is 31.4. The summed E-state index contributed by atoms with van der Waals surface area (Å²) in [5, 5.41) is 0. The topological polar surface area (TPSA) is 64.4 Å². The number of ether oxygens (including phenoxy) is 1. The maximum Gasteiger partial charge on any atom is 0.316 e. The van der Waals surface area contributed by atoms with Gasteiger partial charge in [0, 0.05) is 19.6 Å². The van der Waals surface area contributed by atoms with Gasteiger partial charge < -0.3 is 14.2 Å². The largest absolute Gasteiger partial charge is 0.481 e. The molecule has 1 aliphatic rings. The average Bonchev–Trinajstić information content (AvgIpc) is 2.72. The van der Waals surface area contributed by atoms with Crippen molar-refractivity contribution in [3.05, 3.63) is 93.4 Å². The third-order valence-electron chi connectivity index (χ3n) is 4.93. The first-order valence-corrected chi connectivity index (χ1v) is 9.35. The number of carbonyl (C=O) groups excluding carboxylic acids is 1. The molecule has 29 heavy (non-hydrogen) atoms. The lowest BCUT2D eigenvalue weighted by Gasteiger charge is -2.31. The van der Waals surface area contributed by atoms with E-state index in [9.17, 15) is 14.0 Å². The first-order valence-electron chi connectivity index (χ1n) is 9.35. The van der Waals surface area contributed by atoms with Crippen LogP contribution in [0.4, 0.5) is 4.39 Å². The Kier molecular flexibility index (Phi) is 5.12. The fourth-order valence-corrected chi connectivity index (χ4v) is 3.42. The predicted molar refractivity (Wildman–Crippen MR) is 105 cm³/mol. The minimum absolute atomic E-state index is 0.0340. The van der Waals surface area contributed by atoms with Gasteiger partial charge in [-0.2, -0.15) is 4.98 Å². The summed E-state index contributed by atoms with van der Waals surface area (Å²) in [5.41, 5.74) is 1.36. The molecule has 2 heterocycles. The SMILES string of the molecule is Cc1nc(=O)c(OCc2ccccc2)c2n1CCN(Cc1ccc(F)cc1)C2=O. The van der Waals surface area contributed by atoms with Crippen LogP contribution in [0.5, 0.6) is 5.75 Å². The molecule has 0 saturated heterocycles. The minimum atomic E-state index is -0.554. The second-order valence-corrected chi connectivity index (χ2v) is 6.92. The number of fused-ring (bicyclic) bond motifs is 1. The number of rotatable bonds is 5. The van der Waals surface area contributed by atoms with Gasteiger partial charge >= 0.3 is 5.56 Å². The molecule has 0 fully saturated rings. The lowest BCUT2D eigenvalue weighted by atomic mass is 10.1. The number of hydrogen-bond donors (Lipinski definition) is 0. The monoisotopic (exact) mass is 393 g/mol. The Morgan fingerprint density at radius 3 is 2.45 bits per heavy atom. The lowest BCUT2D eigenvalue weighted by Crippen LogP contribution is -2.43. The van der Waals surface area contributed by atoms with Gasteiger partial charge in [-0.05, 0) is 30.2 Å². The van der Waals surface area contributed by atoms with Crippen LogP contribution in [0.3, 0.4) is 0 Å². The standard InChI is InChI=1S/C22H20FN3O3/c1-15-24-21(27)20(29-14-17-5-3-2-4-6-17)19-22(28)25(11-12-26(15)19)13-16-7-9-18(23)10-8-16/h2-10H,11-14H2,1H3. The van der Waals surface area contributed by atoms with E-state index in [1.807, 2.05) is 30.3 Å². The molecule has 4 rings (SSSR count). The van der Waals surface area contributed by atoms with Crippen LogP contribution in [0.1, 0.15) is 27.4 Å². The number of halogens is 1. The maximum atomic E-state index is 13.2. The van der Waals surface area contributed by atoms with Crippen LogP contribution in [-0.4, -0.2) is 26.9 Å². The molecule has 7 heteroatoms. The highest BCUT2D eigenvalue weighted by Gasteiger charge is 2.31. The Labute approximate surface area is 167 Å². The van der Waals surface area contributed by atoms with E-state index in [2.05, 4.69) is 4.98 Å². The number of amides is 1. The van der Waals surface area contributed by atoms with Gasteiger partial charge in [-0.1, -0.05) is 42.5 Å². The molecule has 0 atom stereocenters. The van der Waals surface area contributed by atoms with Crippen molar-refractivity contribution in [3.8, 4) is 5.75 Å². The second kappa shape index (κ2) is 7.87. The van der Waals surface area contributed by atoms with Gasteiger partial charge in [0.15, 0.2) is 5.69 Å². The van der Waals surface area contributed by atoms with Gasteiger partial charge in [0.25, 0.3) is 5.91 Å². The molecular weight excluding hydrogens is 373 g/mol. The molecule has 0 bridgehead atoms. The second-order valence-electron chi connectivity index (χ2n) is 6.92. The average molecular weight is 393 g/mol. The third-order valence-corrected chi connectivity index (χ3v) is 4.93. The van der Waals surface area contributed by atoms with Crippen molar-refractivity contribution in [1.29, 1.82) is 0 Å². The Bertz CT molecular complexity index is 1090. The Morgan fingerprint density at radius 1 is 1.00 bits per heavy atom. The van der Waals surface area contributed by atoms with Crippen molar-refractivity contribution in [2.24, 2.45) is 0 Å². The van der Waals surface area contributed by atoms with Crippen LogP contribution in [0.25, 0.3) is 0 Å². The highest BCUT2D eigenvalue weighted by atomic mass is 19.1. The first kappa shape index (κ1) is 18.9. The summed E-state index contributed by atoms with van der Waals surface area (Å²) in [5.74, 6) is -0.180. The smallest absolute Gasteiger partial charge is 0.316 e. The van der Waals surface area contributed by atoms with Crippen LogP contribution < -0.4 is 10.3 Å². The Morgan fingerprint density at radius 2 is 1.72 bits per heavy atom. The van der Waals surface area contributed by atoms with Crippen LogP contribution >= 0.6 is 0 Å². The molecule has 0 aliphatic carbocycles. The fourth-order valence-electron chi connectivity index (χ4n) is 3.42. The molecule has 0 unspecified atom stereocenters. The first-order chi connectivity index (χ1) is 14.0. The predicted octanol–water partition coefficient (Wildman–Crippen LogP) is 2.93. The molecule has 3 aromatic rings. The maximum absolute atomic E-state index is 13.2. The van der Waals surface area contributed by atoms with Gasteiger partial charge in [0.1, 0.15) is 18.2 Å². The van der Waals surface area contributed by atoms with E-state index in [-0.39, 0.29) is 29.8 Å². The summed E-state index contributed by atoms with van der Waals surface area (Å²) in [6.07, 6.45) is 0. The van der Waals surface area contributed by atoms with Crippen molar-refractivity contribution in [2.45, 2.75) is 26.6 Å². The summed E-state index contributed by atoms with van der Waals surface area (Å²) in [7, 11) is 0. The van der Waals surface area contributed by atoms with Crippen molar-refractivity contribution in [3.63, 3.8) is 0 Å². The molecule has 0 saturated carbocycles. The Balaban J connectivity index is 1.64. The zero-order valence-electron chi connectivity index (χ0n) is 16.0. The molecule has 0 spiro atoms. The quantitative estimate of drug-likeness (QED) is 0.669. The van der Waals surface area contributed by atoms with Crippen molar-refractivity contribution in [1.82, 2.24) is 14.5 Å². The lowest BCUT2D eigenvalue weighted by molar-refractivity contribution is 0.0677. The molecule has 2 aromatic carbocycles. The number of hydrogen-bond acceptors (Lipinski definition) is 4. The highest BCUT2D eigenvalue weighted by Crippen LogP contribution is 2.23. The van der Waals surface area contributed by atoms with E-state index in [4.69, 9.17) is 4.74 Å². The molecule has 1 amide bonds. The Hall–Kier alpha value is -3.48. The van der Waals surface area contributed by atoms with Crippen molar-refractivity contribution in [2.75, 3.05) is 6.54 Å². The summed E-state index contributed by atoms with van der Waals surface area (Å²) < 4.78 is 20.7. The zero-order valence-corrected chi connectivity index (χ0v) is 16.0. The molecular formula is C22H20FN3O3. The van der Waals surface area contributed by atoms with Gasteiger partial charge in [-0.15, -0.1) is 0 Å². The van der Waals surface area contributed by atoms with Gasteiger partial charge in [0.05, 0.1) is 0 Å². The van der Waals surface area contributed by atoms with Gasteiger partial charge in [-0.25, -0.2) is 4.39 Å². The van der Waals surface area contributed by atoms with E-state index in [1.165, 1.54) is 12.1 Å². The minimum Gasteiger partial charge on any atom is -0.481 e. The number of aromatic nitrogens is 2. The van der Waals surface area contributed by atoms with Crippen molar-refractivity contribution < 1.29 is 13.9 Å². The molecule has 1 aromatic heterocycles. The van der Waals surface area contributed by atoms with Crippen LogP contribution in [0, 0.1) is 12.7 Å². The molecule has 0 N–H and O–H groups in total. The summed E-state index contributed by atoms with van der Waals surface area (Å²) in [6, 6.07) is 15.4. The number of nitrogens with zero attached hydrogens (tertiary/aromatic N) is 3. The normalized spacial score (nSPS) is 13.3. The zero-order chi connectivity index (χ0) is 20.4. The fraction of sp³-hybridized carbons (Fsp3) is 0.227. The van der Waals surface area contributed by atoms with Gasteiger partial charge in [-0.3, -0.25) is 9.59 Å². The van der Waals surface area contributed by atoms with E-state index in [1.54, 1.807) is 28.5 Å². The van der Waals surface area contributed by atoms with E-state index in [0.29, 0.717) is 25.5 Å². The third kappa shape index (κ3) is 3.89. The van der Waals surface area contributed by atoms with E-state index in [0.717, 1.165) is 11.1 Å². The summed E-state index contributed by atoms with van der Waals surface area (Å²) >= 11 is 0. The van der Waals surface area contributed by atoms with Crippen LogP contribution in [0.2, 0.25) is 0 Å². The molecule has 148 valence electrons. The summed E-state index contributed by atoms with van der Waals surface area (Å²) in [6.45, 7) is 3.16. The molecule has 1 aliphatic heterocycles.